The highest BCUT2D eigenvalue weighted by Gasteiger charge is 2.26. The van der Waals surface area contributed by atoms with E-state index in [0.29, 0.717) is 11.5 Å². The van der Waals surface area contributed by atoms with Crippen LogP contribution in [0.25, 0.3) is 10.9 Å². The van der Waals surface area contributed by atoms with Crippen molar-refractivity contribution in [3.05, 3.63) is 59.5 Å². The summed E-state index contributed by atoms with van der Waals surface area (Å²) < 4.78 is 1.91. The number of hydrogen-bond donors (Lipinski definition) is 1. The first-order valence-electron chi connectivity index (χ1n) is 8.50. The number of para-hydroxylation sites is 1. The molecule has 1 aliphatic rings. The van der Waals surface area contributed by atoms with Crippen LogP contribution in [0.3, 0.4) is 0 Å². The van der Waals surface area contributed by atoms with Crippen molar-refractivity contribution in [3.63, 3.8) is 0 Å². The molecule has 3 heterocycles. The molecule has 3 aromatic rings. The minimum atomic E-state index is -0.399. The van der Waals surface area contributed by atoms with E-state index in [-0.39, 0.29) is 0 Å². The zero-order valence-electron chi connectivity index (χ0n) is 14.2. The predicted octanol–water partition coefficient (Wildman–Crippen LogP) is 2.06. The van der Waals surface area contributed by atoms with Crippen LogP contribution in [0.4, 0.5) is 0 Å². The molecule has 25 heavy (non-hydrogen) atoms. The van der Waals surface area contributed by atoms with Crippen LogP contribution in [0.2, 0.25) is 0 Å². The number of carbonyl (C=O) groups excluding carboxylic acids is 1. The van der Waals surface area contributed by atoms with Gasteiger partial charge in [0.25, 0.3) is 0 Å². The third kappa shape index (κ3) is 3.00. The number of benzene rings is 1. The molecule has 1 saturated heterocycles. The fraction of sp³-hybridized carbons (Fsp3) is 0.316. The van der Waals surface area contributed by atoms with E-state index < -0.39 is 5.91 Å². The molecular weight excluding hydrogens is 314 g/mol. The van der Waals surface area contributed by atoms with E-state index in [1.165, 1.54) is 5.69 Å². The number of aromatic nitrogens is 3. The van der Waals surface area contributed by atoms with Crippen LogP contribution in [0.5, 0.6) is 0 Å². The Morgan fingerprint density at radius 1 is 1.32 bits per heavy atom. The quantitative estimate of drug-likeness (QED) is 0.792. The summed E-state index contributed by atoms with van der Waals surface area (Å²) in [4.78, 5) is 19.1. The number of fused-ring (bicyclic) bond motifs is 1. The van der Waals surface area contributed by atoms with Crippen molar-refractivity contribution in [1.82, 2.24) is 19.7 Å². The standard InChI is InChI=1S/C19H21N5O/c1-23-14(6-8-21-23)12-24-9-7-13(11-24)18-10-16(19(20)25)15-4-2-3-5-17(15)22-18/h2-6,8,10,13H,7,9,11-12H2,1H3,(H2,20,25)/t13-/m0/s1. The first-order chi connectivity index (χ1) is 12.1. The van der Waals surface area contributed by atoms with Crippen LogP contribution in [-0.2, 0) is 13.6 Å². The summed E-state index contributed by atoms with van der Waals surface area (Å²) >= 11 is 0. The zero-order chi connectivity index (χ0) is 17.4. The van der Waals surface area contributed by atoms with Gasteiger partial charge in [0.05, 0.1) is 16.8 Å². The van der Waals surface area contributed by atoms with Crippen molar-refractivity contribution in [2.24, 2.45) is 12.8 Å². The van der Waals surface area contributed by atoms with Crippen molar-refractivity contribution in [3.8, 4) is 0 Å². The van der Waals surface area contributed by atoms with Gasteiger partial charge in [-0.05, 0) is 31.2 Å². The maximum Gasteiger partial charge on any atom is 0.249 e. The molecule has 0 bridgehead atoms. The lowest BCUT2D eigenvalue weighted by atomic mass is 9.99. The van der Waals surface area contributed by atoms with E-state index in [0.717, 1.165) is 42.7 Å². The van der Waals surface area contributed by atoms with E-state index in [1.807, 2.05) is 54.3 Å². The Morgan fingerprint density at radius 2 is 2.16 bits per heavy atom. The SMILES string of the molecule is Cn1nccc1CN1CC[C@H](c2cc(C(N)=O)c3ccccc3n2)C1. The fourth-order valence-corrected chi connectivity index (χ4v) is 3.61. The molecule has 1 aliphatic heterocycles. The summed E-state index contributed by atoms with van der Waals surface area (Å²) in [7, 11) is 1.97. The topological polar surface area (TPSA) is 77.0 Å². The Morgan fingerprint density at radius 3 is 2.92 bits per heavy atom. The predicted molar refractivity (Wildman–Crippen MR) is 96.1 cm³/mol. The molecule has 0 saturated carbocycles. The van der Waals surface area contributed by atoms with Gasteiger partial charge in [0, 0.05) is 43.3 Å². The van der Waals surface area contributed by atoms with E-state index in [9.17, 15) is 4.79 Å². The van der Waals surface area contributed by atoms with Gasteiger partial charge in [0.2, 0.25) is 5.91 Å². The van der Waals surface area contributed by atoms with Crippen LogP contribution in [0.1, 0.15) is 34.1 Å². The number of carbonyl (C=O) groups is 1. The molecule has 128 valence electrons. The lowest BCUT2D eigenvalue weighted by Gasteiger charge is -2.16. The number of rotatable bonds is 4. The van der Waals surface area contributed by atoms with E-state index >= 15 is 0 Å². The van der Waals surface area contributed by atoms with Gasteiger partial charge in [-0.2, -0.15) is 5.10 Å². The van der Waals surface area contributed by atoms with Crippen molar-refractivity contribution >= 4 is 16.8 Å². The summed E-state index contributed by atoms with van der Waals surface area (Å²) in [6, 6.07) is 11.6. The molecule has 6 nitrogen and oxygen atoms in total. The minimum Gasteiger partial charge on any atom is -0.366 e. The second kappa shape index (κ2) is 6.29. The van der Waals surface area contributed by atoms with Gasteiger partial charge in [-0.25, -0.2) is 0 Å². The Balaban J connectivity index is 1.60. The molecule has 0 aliphatic carbocycles. The number of nitrogens with two attached hydrogens (primary N) is 1. The number of likely N-dealkylation sites (tertiary alicyclic amines) is 1. The number of nitrogens with zero attached hydrogens (tertiary/aromatic N) is 4. The maximum absolute atomic E-state index is 11.9. The van der Waals surface area contributed by atoms with Crippen LogP contribution in [-0.4, -0.2) is 38.7 Å². The van der Waals surface area contributed by atoms with Gasteiger partial charge in [-0.15, -0.1) is 0 Å². The minimum absolute atomic E-state index is 0.316. The van der Waals surface area contributed by atoms with Gasteiger partial charge < -0.3 is 5.73 Å². The highest BCUT2D eigenvalue weighted by molar-refractivity contribution is 6.05. The number of primary amides is 1. The first-order valence-corrected chi connectivity index (χ1v) is 8.50. The third-order valence-electron chi connectivity index (χ3n) is 5.00. The Bertz CT molecular complexity index is 932. The average molecular weight is 335 g/mol. The summed E-state index contributed by atoms with van der Waals surface area (Å²) in [5.74, 6) is -0.0829. The van der Waals surface area contributed by atoms with E-state index in [4.69, 9.17) is 10.7 Å². The molecule has 2 N–H and O–H groups in total. The van der Waals surface area contributed by atoms with Crippen LogP contribution in [0.15, 0.2) is 42.6 Å². The molecule has 1 amide bonds. The second-order valence-electron chi connectivity index (χ2n) is 6.64. The average Bonchev–Trinajstić information content (AvgIpc) is 3.24. The van der Waals surface area contributed by atoms with Crippen molar-refractivity contribution in [1.29, 1.82) is 0 Å². The van der Waals surface area contributed by atoms with Crippen LogP contribution >= 0.6 is 0 Å². The largest absolute Gasteiger partial charge is 0.366 e. The smallest absolute Gasteiger partial charge is 0.249 e. The number of amides is 1. The first kappa shape index (κ1) is 15.8. The van der Waals surface area contributed by atoms with Gasteiger partial charge in [-0.1, -0.05) is 18.2 Å². The maximum atomic E-state index is 11.9. The molecule has 1 fully saturated rings. The summed E-state index contributed by atoms with van der Waals surface area (Å²) in [6.07, 6.45) is 2.86. The fourth-order valence-electron chi connectivity index (χ4n) is 3.61. The summed E-state index contributed by atoms with van der Waals surface area (Å²) in [5, 5.41) is 5.05. The molecule has 1 atom stereocenters. The number of pyridine rings is 1. The van der Waals surface area contributed by atoms with Crippen LogP contribution in [0, 0.1) is 0 Å². The molecule has 0 radical (unpaired) electrons. The highest BCUT2D eigenvalue weighted by atomic mass is 16.1. The third-order valence-corrected chi connectivity index (χ3v) is 5.00. The summed E-state index contributed by atoms with van der Waals surface area (Å²) in [6.45, 7) is 2.81. The van der Waals surface area contributed by atoms with Crippen LogP contribution < -0.4 is 5.73 Å². The van der Waals surface area contributed by atoms with Gasteiger partial charge in [0.15, 0.2) is 0 Å². The molecule has 6 heteroatoms. The molecule has 0 unspecified atom stereocenters. The lowest BCUT2D eigenvalue weighted by molar-refractivity contribution is 0.100. The summed E-state index contributed by atoms with van der Waals surface area (Å²) in [5.41, 5.74) is 9.15. The lowest BCUT2D eigenvalue weighted by Crippen LogP contribution is -2.21. The number of aryl methyl sites for hydroxylation is 1. The van der Waals surface area contributed by atoms with E-state index in [1.54, 1.807) is 0 Å². The zero-order valence-corrected chi connectivity index (χ0v) is 14.2. The molecule has 4 rings (SSSR count). The monoisotopic (exact) mass is 335 g/mol. The molecule has 1 aromatic carbocycles. The molecule has 0 spiro atoms. The van der Waals surface area contributed by atoms with Crippen molar-refractivity contribution in [2.45, 2.75) is 18.9 Å². The Hall–Kier alpha value is -2.73. The highest BCUT2D eigenvalue weighted by Crippen LogP contribution is 2.29. The van der Waals surface area contributed by atoms with E-state index in [2.05, 4.69) is 10.00 Å². The van der Waals surface area contributed by atoms with Gasteiger partial charge >= 0.3 is 0 Å². The van der Waals surface area contributed by atoms with Gasteiger partial charge in [-0.3, -0.25) is 19.4 Å². The van der Waals surface area contributed by atoms with Gasteiger partial charge in [0.1, 0.15) is 0 Å². The van der Waals surface area contributed by atoms with Crippen molar-refractivity contribution in [2.75, 3.05) is 13.1 Å². The molecule has 2 aromatic heterocycles. The van der Waals surface area contributed by atoms with Crippen molar-refractivity contribution < 1.29 is 4.79 Å². The Kier molecular flexibility index (Phi) is 3.97. The second-order valence-corrected chi connectivity index (χ2v) is 6.64. The Labute approximate surface area is 146 Å². The molecular formula is C19H21N5O. The number of hydrogen-bond acceptors (Lipinski definition) is 4. The normalized spacial score (nSPS) is 18.0.